The van der Waals surface area contributed by atoms with Crippen molar-refractivity contribution in [3.05, 3.63) is 0 Å². The monoisotopic (exact) mass is 223 g/mol. The Balaban J connectivity index is 1.66. The van der Waals surface area contributed by atoms with Gasteiger partial charge in [-0.1, -0.05) is 6.42 Å². The van der Waals surface area contributed by atoms with Gasteiger partial charge in [0.05, 0.1) is 0 Å². The van der Waals surface area contributed by atoms with Gasteiger partial charge in [-0.25, -0.2) is 5.48 Å². The molecule has 2 aliphatic rings. The van der Waals surface area contributed by atoms with Gasteiger partial charge in [-0.2, -0.15) is 13.2 Å². The van der Waals surface area contributed by atoms with E-state index in [4.69, 9.17) is 0 Å². The van der Waals surface area contributed by atoms with Crippen molar-refractivity contribution in [1.82, 2.24) is 5.48 Å². The molecule has 1 N–H and O–H groups in total. The Kier molecular flexibility index (Phi) is 2.62. The summed E-state index contributed by atoms with van der Waals surface area (Å²) in [7, 11) is 0. The lowest BCUT2D eigenvalue weighted by atomic mass is 10.1. The Labute approximate surface area is 84.9 Å². The quantitative estimate of drug-likeness (QED) is 0.739. The minimum absolute atomic E-state index is 0.105. The lowest BCUT2D eigenvalue weighted by molar-refractivity contribution is -0.192. The number of amides is 1. The van der Waals surface area contributed by atoms with Gasteiger partial charge >= 0.3 is 6.18 Å². The molecule has 0 spiro atoms. The van der Waals surface area contributed by atoms with Crippen molar-refractivity contribution < 1.29 is 22.8 Å². The Bertz CT molecular complexity index is 257. The van der Waals surface area contributed by atoms with E-state index in [1.807, 2.05) is 5.48 Å². The largest absolute Gasteiger partial charge is 0.414 e. The van der Waals surface area contributed by atoms with Crippen molar-refractivity contribution in [2.75, 3.05) is 6.61 Å². The highest BCUT2D eigenvalue weighted by atomic mass is 19.4. The lowest BCUT2D eigenvalue weighted by Gasteiger charge is -2.08. The number of carbonyl (C=O) groups excluding carboxylic acids is 1. The van der Waals surface area contributed by atoms with Crippen LogP contribution >= 0.6 is 0 Å². The molecule has 2 fully saturated rings. The van der Waals surface area contributed by atoms with Gasteiger partial charge in [0.25, 0.3) is 0 Å². The molecule has 0 aromatic rings. The van der Waals surface area contributed by atoms with Crippen LogP contribution in [0.4, 0.5) is 13.2 Å². The highest BCUT2D eigenvalue weighted by Gasteiger charge is 2.56. The Hall–Kier alpha value is -0.780. The van der Waals surface area contributed by atoms with E-state index in [2.05, 4.69) is 4.84 Å². The summed E-state index contributed by atoms with van der Waals surface area (Å²) in [5.74, 6) is 0.278. The molecule has 2 unspecified atom stereocenters. The summed E-state index contributed by atoms with van der Waals surface area (Å²) in [4.78, 5) is 15.4. The number of rotatable bonds is 3. The summed E-state index contributed by atoms with van der Waals surface area (Å²) in [6.07, 6.45) is -1.24. The van der Waals surface area contributed by atoms with Crippen molar-refractivity contribution in [2.45, 2.75) is 25.4 Å². The Morgan fingerprint density at radius 1 is 1.33 bits per heavy atom. The predicted molar refractivity (Wildman–Crippen MR) is 44.5 cm³/mol. The smallest absolute Gasteiger partial charge is 0.272 e. The number of nitrogens with one attached hydrogen (secondary N) is 1. The fourth-order valence-electron chi connectivity index (χ4n) is 2.47. The zero-order chi connectivity index (χ0) is 11.1. The fraction of sp³-hybridized carbons (Fsp3) is 0.889. The number of halogens is 3. The predicted octanol–water partition coefficient (Wildman–Crippen LogP) is 1.64. The fourth-order valence-corrected chi connectivity index (χ4v) is 2.47. The van der Waals surface area contributed by atoms with Crippen LogP contribution in [0.3, 0.4) is 0 Å². The van der Waals surface area contributed by atoms with Crippen molar-refractivity contribution in [3.63, 3.8) is 0 Å². The van der Waals surface area contributed by atoms with E-state index in [1.165, 1.54) is 0 Å². The number of carbonyl (C=O) groups is 1. The first kappa shape index (κ1) is 10.7. The summed E-state index contributed by atoms with van der Waals surface area (Å²) in [5, 5.41) is 0. The average molecular weight is 223 g/mol. The molecule has 1 amide bonds. The summed E-state index contributed by atoms with van der Waals surface area (Å²) < 4.78 is 35.0. The third-order valence-electron chi connectivity index (χ3n) is 3.12. The zero-order valence-corrected chi connectivity index (χ0v) is 8.01. The molecule has 0 heterocycles. The molecular weight excluding hydrogens is 211 g/mol. The molecule has 15 heavy (non-hydrogen) atoms. The highest BCUT2D eigenvalue weighted by Crippen LogP contribution is 2.57. The molecule has 86 valence electrons. The van der Waals surface area contributed by atoms with Crippen molar-refractivity contribution >= 4 is 5.91 Å². The first-order chi connectivity index (χ1) is 6.99. The van der Waals surface area contributed by atoms with Crippen LogP contribution in [-0.2, 0) is 9.63 Å². The molecule has 0 aliphatic heterocycles. The maximum absolute atomic E-state index is 11.7. The standard InChI is InChI=1S/C9H12F3NO2/c10-9(11,12)4-15-13-8(14)7-5-2-1-3-6(5)7/h5-7H,1-4H2,(H,13,14). The molecule has 3 nitrogen and oxygen atoms in total. The van der Waals surface area contributed by atoms with E-state index in [0.717, 1.165) is 19.3 Å². The van der Waals surface area contributed by atoms with Crippen LogP contribution < -0.4 is 5.48 Å². The molecule has 0 aromatic heterocycles. The van der Waals surface area contributed by atoms with Crippen LogP contribution in [0, 0.1) is 17.8 Å². The minimum Gasteiger partial charge on any atom is -0.272 e. The maximum Gasteiger partial charge on any atom is 0.414 e. The van der Waals surface area contributed by atoms with E-state index in [-0.39, 0.29) is 5.92 Å². The van der Waals surface area contributed by atoms with Gasteiger partial charge in [-0.05, 0) is 24.7 Å². The number of alkyl halides is 3. The lowest BCUT2D eigenvalue weighted by Crippen LogP contribution is -2.31. The van der Waals surface area contributed by atoms with Crippen LogP contribution in [0.5, 0.6) is 0 Å². The highest BCUT2D eigenvalue weighted by molar-refractivity contribution is 5.81. The number of fused-ring (bicyclic) bond motifs is 1. The second-order valence-corrected chi connectivity index (χ2v) is 4.15. The van der Waals surface area contributed by atoms with Gasteiger partial charge in [0.2, 0.25) is 5.91 Å². The van der Waals surface area contributed by atoms with Crippen LogP contribution in [0.1, 0.15) is 19.3 Å². The average Bonchev–Trinajstić information content (AvgIpc) is 2.58. The Morgan fingerprint density at radius 2 is 1.93 bits per heavy atom. The maximum atomic E-state index is 11.7. The van der Waals surface area contributed by atoms with Crippen LogP contribution in [-0.4, -0.2) is 18.7 Å². The van der Waals surface area contributed by atoms with Gasteiger partial charge in [0.15, 0.2) is 6.61 Å². The third kappa shape index (κ3) is 2.42. The zero-order valence-electron chi connectivity index (χ0n) is 8.01. The van der Waals surface area contributed by atoms with Crippen molar-refractivity contribution in [2.24, 2.45) is 17.8 Å². The normalized spacial score (nSPS) is 33.7. The van der Waals surface area contributed by atoms with E-state index in [0.29, 0.717) is 11.8 Å². The second kappa shape index (κ2) is 3.66. The molecule has 2 aliphatic carbocycles. The first-order valence-corrected chi connectivity index (χ1v) is 4.97. The third-order valence-corrected chi connectivity index (χ3v) is 3.12. The Morgan fingerprint density at radius 3 is 2.47 bits per heavy atom. The van der Waals surface area contributed by atoms with E-state index < -0.39 is 18.7 Å². The molecule has 0 radical (unpaired) electrons. The summed E-state index contributed by atoms with van der Waals surface area (Å²) in [6.45, 7) is -1.43. The van der Waals surface area contributed by atoms with Gasteiger partial charge in [-0.3, -0.25) is 9.63 Å². The van der Waals surface area contributed by atoms with Gasteiger partial charge in [0.1, 0.15) is 0 Å². The molecule has 2 atom stereocenters. The van der Waals surface area contributed by atoms with E-state index in [9.17, 15) is 18.0 Å². The molecular formula is C9H12F3NO2. The summed E-state index contributed by atoms with van der Waals surface area (Å²) in [5.41, 5.74) is 1.87. The van der Waals surface area contributed by atoms with Crippen molar-refractivity contribution in [1.29, 1.82) is 0 Å². The van der Waals surface area contributed by atoms with E-state index in [1.54, 1.807) is 0 Å². The molecule has 2 rings (SSSR count). The molecule has 2 saturated carbocycles. The topological polar surface area (TPSA) is 38.3 Å². The number of hydrogen-bond donors (Lipinski definition) is 1. The summed E-state index contributed by atoms with van der Waals surface area (Å²) >= 11 is 0. The van der Waals surface area contributed by atoms with Crippen LogP contribution in [0.2, 0.25) is 0 Å². The molecule has 0 saturated heterocycles. The SMILES string of the molecule is O=C(NOCC(F)(F)F)C1C2CCCC21. The van der Waals surface area contributed by atoms with Gasteiger partial charge < -0.3 is 0 Å². The van der Waals surface area contributed by atoms with Gasteiger partial charge in [-0.15, -0.1) is 0 Å². The summed E-state index contributed by atoms with van der Waals surface area (Å²) in [6, 6.07) is 0. The van der Waals surface area contributed by atoms with Crippen LogP contribution in [0.15, 0.2) is 0 Å². The number of hydrogen-bond acceptors (Lipinski definition) is 2. The van der Waals surface area contributed by atoms with Gasteiger partial charge in [0, 0.05) is 5.92 Å². The molecule has 0 aromatic carbocycles. The van der Waals surface area contributed by atoms with Crippen molar-refractivity contribution in [3.8, 4) is 0 Å². The van der Waals surface area contributed by atoms with Crippen LogP contribution in [0.25, 0.3) is 0 Å². The molecule has 0 bridgehead atoms. The molecule has 6 heteroatoms. The second-order valence-electron chi connectivity index (χ2n) is 4.15. The van der Waals surface area contributed by atoms with E-state index >= 15 is 0 Å². The number of hydroxylamine groups is 1. The minimum atomic E-state index is -4.40. The first-order valence-electron chi connectivity index (χ1n) is 4.97.